The van der Waals surface area contributed by atoms with E-state index in [-0.39, 0.29) is 0 Å². The van der Waals surface area contributed by atoms with Crippen molar-refractivity contribution >= 4 is 0 Å². The molecule has 0 aliphatic carbocycles. The lowest BCUT2D eigenvalue weighted by molar-refractivity contribution is 0.343. The summed E-state index contributed by atoms with van der Waals surface area (Å²) < 4.78 is 2.37. The van der Waals surface area contributed by atoms with Gasteiger partial charge in [-0.2, -0.15) is 0 Å². The minimum absolute atomic E-state index is 0.551. The predicted molar refractivity (Wildman–Crippen MR) is 58.5 cm³/mol. The van der Waals surface area contributed by atoms with Crippen LogP contribution in [0.25, 0.3) is 0 Å². The van der Waals surface area contributed by atoms with Crippen LogP contribution in [0.2, 0.25) is 0 Å². The van der Waals surface area contributed by atoms with E-state index in [0.29, 0.717) is 12.0 Å². The van der Waals surface area contributed by atoms with Gasteiger partial charge in [0.2, 0.25) is 0 Å². The third kappa shape index (κ3) is 1.58. The van der Waals surface area contributed by atoms with Crippen molar-refractivity contribution in [3.8, 4) is 0 Å². The summed E-state index contributed by atoms with van der Waals surface area (Å²) in [4.78, 5) is 4.71. The quantitative estimate of drug-likeness (QED) is 0.668. The van der Waals surface area contributed by atoms with Crippen LogP contribution in [0.3, 0.4) is 0 Å². The van der Waals surface area contributed by atoms with E-state index in [0.717, 1.165) is 12.3 Å². The van der Waals surface area contributed by atoms with Gasteiger partial charge in [0.1, 0.15) is 5.82 Å². The van der Waals surface area contributed by atoms with E-state index in [1.54, 1.807) is 0 Å². The summed E-state index contributed by atoms with van der Waals surface area (Å²) in [6, 6.07) is 0.633. The van der Waals surface area contributed by atoms with Crippen molar-refractivity contribution in [3.05, 3.63) is 17.7 Å². The number of hydrogen-bond donors (Lipinski definition) is 0. The molecule has 1 aromatic rings. The summed E-state index contributed by atoms with van der Waals surface area (Å²) in [6.07, 6.45) is 4.69. The number of fused-ring (bicyclic) bond motifs is 1. The molecule has 0 saturated carbocycles. The Morgan fingerprint density at radius 1 is 1.43 bits per heavy atom. The lowest BCUT2D eigenvalue weighted by atomic mass is 9.95. The van der Waals surface area contributed by atoms with Gasteiger partial charge in [0.05, 0.1) is 5.69 Å². The molecule has 0 spiro atoms. The highest BCUT2D eigenvalue weighted by molar-refractivity contribution is 5.11. The third-order valence-corrected chi connectivity index (χ3v) is 3.17. The first-order chi connectivity index (χ1) is 6.58. The Hall–Kier alpha value is -0.790. The number of hydrogen-bond acceptors (Lipinski definition) is 1. The SMILES string of the molecule is CC1Cc2nc(C(C)C)cn2C(C)C1. The Morgan fingerprint density at radius 2 is 2.14 bits per heavy atom. The van der Waals surface area contributed by atoms with Crippen LogP contribution >= 0.6 is 0 Å². The zero-order valence-corrected chi connectivity index (χ0v) is 9.62. The van der Waals surface area contributed by atoms with Crippen LogP contribution in [0.1, 0.15) is 57.6 Å². The van der Waals surface area contributed by atoms with Crippen LogP contribution in [0.4, 0.5) is 0 Å². The van der Waals surface area contributed by atoms with E-state index < -0.39 is 0 Å². The van der Waals surface area contributed by atoms with Crippen molar-refractivity contribution in [3.63, 3.8) is 0 Å². The minimum atomic E-state index is 0.551. The first kappa shape index (κ1) is 9.75. The zero-order valence-electron chi connectivity index (χ0n) is 9.62. The molecule has 2 unspecified atom stereocenters. The van der Waals surface area contributed by atoms with Gasteiger partial charge >= 0.3 is 0 Å². The second-order valence-corrected chi connectivity index (χ2v) is 5.04. The third-order valence-electron chi connectivity index (χ3n) is 3.17. The second kappa shape index (κ2) is 3.41. The van der Waals surface area contributed by atoms with Gasteiger partial charge in [0.25, 0.3) is 0 Å². The van der Waals surface area contributed by atoms with Gasteiger partial charge in [-0.1, -0.05) is 20.8 Å². The molecule has 2 atom stereocenters. The Balaban J connectivity index is 2.35. The van der Waals surface area contributed by atoms with E-state index in [9.17, 15) is 0 Å². The lowest BCUT2D eigenvalue weighted by Crippen LogP contribution is -2.20. The fourth-order valence-corrected chi connectivity index (χ4v) is 2.35. The molecule has 2 heteroatoms. The van der Waals surface area contributed by atoms with Gasteiger partial charge in [-0.25, -0.2) is 4.98 Å². The zero-order chi connectivity index (χ0) is 10.3. The molecule has 1 aliphatic rings. The molecule has 78 valence electrons. The van der Waals surface area contributed by atoms with E-state index in [4.69, 9.17) is 4.98 Å². The molecule has 0 radical (unpaired) electrons. The van der Waals surface area contributed by atoms with Crippen LogP contribution < -0.4 is 0 Å². The number of aromatic nitrogens is 2. The maximum atomic E-state index is 4.71. The molecule has 14 heavy (non-hydrogen) atoms. The van der Waals surface area contributed by atoms with Gasteiger partial charge in [-0.05, 0) is 25.2 Å². The Labute approximate surface area is 86.3 Å². The van der Waals surface area contributed by atoms with Crippen LogP contribution in [0, 0.1) is 5.92 Å². The fourth-order valence-electron chi connectivity index (χ4n) is 2.35. The molecule has 1 aliphatic heterocycles. The van der Waals surface area contributed by atoms with Gasteiger partial charge in [-0.3, -0.25) is 0 Å². The maximum Gasteiger partial charge on any atom is 0.109 e. The smallest absolute Gasteiger partial charge is 0.109 e. The number of imidazole rings is 1. The largest absolute Gasteiger partial charge is 0.332 e. The first-order valence-electron chi connectivity index (χ1n) is 5.65. The monoisotopic (exact) mass is 192 g/mol. The Kier molecular flexibility index (Phi) is 2.38. The summed E-state index contributed by atoms with van der Waals surface area (Å²) in [5.41, 5.74) is 1.25. The molecular weight excluding hydrogens is 172 g/mol. The number of nitrogens with zero attached hydrogens (tertiary/aromatic N) is 2. The maximum absolute atomic E-state index is 4.71. The summed E-state index contributed by atoms with van der Waals surface area (Å²) in [5, 5.41) is 0. The van der Waals surface area contributed by atoms with Crippen LogP contribution in [0.5, 0.6) is 0 Å². The van der Waals surface area contributed by atoms with Crippen molar-refractivity contribution in [1.82, 2.24) is 9.55 Å². The molecule has 0 amide bonds. The molecule has 2 rings (SSSR count). The highest BCUT2D eigenvalue weighted by Gasteiger charge is 2.23. The van der Waals surface area contributed by atoms with Crippen molar-refractivity contribution in [2.45, 2.75) is 52.5 Å². The van der Waals surface area contributed by atoms with Gasteiger partial charge < -0.3 is 4.57 Å². The summed E-state index contributed by atoms with van der Waals surface area (Å²) in [5.74, 6) is 2.63. The van der Waals surface area contributed by atoms with Gasteiger partial charge in [0.15, 0.2) is 0 Å². The minimum Gasteiger partial charge on any atom is -0.332 e. The fraction of sp³-hybridized carbons (Fsp3) is 0.750. The van der Waals surface area contributed by atoms with E-state index in [2.05, 4.69) is 38.5 Å². The summed E-state index contributed by atoms with van der Waals surface area (Å²) >= 11 is 0. The molecule has 0 aromatic carbocycles. The van der Waals surface area contributed by atoms with Crippen LogP contribution in [-0.4, -0.2) is 9.55 Å². The Morgan fingerprint density at radius 3 is 2.79 bits per heavy atom. The molecule has 0 bridgehead atoms. The first-order valence-corrected chi connectivity index (χ1v) is 5.65. The van der Waals surface area contributed by atoms with E-state index in [1.807, 2.05) is 0 Å². The molecule has 2 nitrogen and oxygen atoms in total. The van der Waals surface area contributed by atoms with Crippen molar-refractivity contribution in [2.75, 3.05) is 0 Å². The molecular formula is C12H20N2. The molecule has 0 saturated heterocycles. The number of rotatable bonds is 1. The van der Waals surface area contributed by atoms with Crippen LogP contribution in [-0.2, 0) is 6.42 Å². The van der Waals surface area contributed by atoms with E-state index >= 15 is 0 Å². The average Bonchev–Trinajstić information content (AvgIpc) is 2.47. The molecule has 1 aromatic heterocycles. The highest BCUT2D eigenvalue weighted by atomic mass is 15.1. The lowest BCUT2D eigenvalue weighted by Gasteiger charge is -2.26. The molecule has 0 fully saturated rings. The van der Waals surface area contributed by atoms with E-state index in [1.165, 1.54) is 17.9 Å². The standard InChI is InChI=1S/C12H20N2/c1-8(2)11-7-14-10(4)5-9(3)6-12(14)13-11/h7-10H,5-6H2,1-4H3. The summed E-state index contributed by atoms with van der Waals surface area (Å²) in [7, 11) is 0. The molecule has 2 heterocycles. The van der Waals surface area contributed by atoms with Gasteiger partial charge in [0, 0.05) is 18.7 Å². The van der Waals surface area contributed by atoms with Gasteiger partial charge in [-0.15, -0.1) is 0 Å². The molecule has 0 N–H and O–H groups in total. The van der Waals surface area contributed by atoms with Crippen molar-refractivity contribution < 1.29 is 0 Å². The normalized spacial score (nSPS) is 26.6. The summed E-state index contributed by atoms with van der Waals surface area (Å²) in [6.45, 7) is 9.04. The predicted octanol–water partition coefficient (Wildman–Crippen LogP) is 3.15. The van der Waals surface area contributed by atoms with Crippen LogP contribution in [0.15, 0.2) is 6.20 Å². The van der Waals surface area contributed by atoms with Crippen molar-refractivity contribution in [2.24, 2.45) is 5.92 Å². The highest BCUT2D eigenvalue weighted by Crippen LogP contribution is 2.29. The Bertz CT molecular complexity index is 325. The van der Waals surface area contributed by atoms with Crippen molar-refractivity contribution in [1.29, 1.82) is 0 Å². The second-order valence-electron chi connectivity index (χ2n) is 5.04. The average molecular weight is 192 g/mol. The topological polar surface area (TPSA) is 17.8 Å².